The molecule has 0 radical (unpaired) electrons. The molecule has 1 N–H and O–H groups in total. The van der Waals surface area contributed by atoms with Gasteiger partial charge in [-0.2, -0.15) is 18.4 Å². The van der Waals surface area contributed by atoms with Gasteiger partial charge in [-0.3, -0.25) is 4.90 Å². The predicted molar refractivity (Wildman–Crippen MR) is 135 cm³/mol. The molecule has 0 amide bonds. The Labute approximate surface area is 220 Å². The minimum absolute atomic E-state index is 0.00852. The number of nitrogens with one attached hydrogen (secondary N) is 1. The van der Waals surface area contributed by atoms with Crippen LogP contribution in [-0.4, -0.2) is 20.7 Å². The van der Waals surface area contributed by atoms with E-state index in [-0.39, 0.29) is 29.5 Å². The van der Waals surface area contributed by atoms with Crippen molar-refractivity contribution in [2.24, 2.45) is 0 Å². The topological polar surface area (TPSA) is 104 Å². The molecular formula is C28H20F3N5O3. The molecule has 0 saturated carbocycles. The van der Waals surface area contributed by atoms with Gasteiger partial charge in [0.05, 0.1) is 22.8 Å². The van der Waals surface area contributed by atoms with E-state index in [1.54, 1.807) is 55.5 Å². The van der Waals surface area contributed by atoms with Gasteiger partial charge in [0, 0.05) is 11.4 Å². The molecule has 1 aliphatic heterocycles. The second kappa shape index (κ2) is 9.98. The van der Waals surface area contributed by atoms with Crippen molar-refractivity contribution in [2.75, 3.05) is 4.90 Å². The number of fused-ring (bicyclic) bond motifs is 1. The fourth-order valence-electron chi connectivity index (χ4n) is 4.53. The molecule has 0 aliphatic carbocycles. The molecule has 4 aromatic rings. The Morgan fingerprint density at radius 3 is 2.46 bits per heavy atom. The van der Waals surface area contributed by atoms with Crippen LogP contribution in [-0.2, 0) is 22.3 Å². The van der Waals surface area contributed by atoms with Crippen molar-refractivity contribution in [1.29, 1.82) is 5.26 Å². The molecule has 0 spiro atoms. The lowest BCUT2D eigenvalue weighted by Gasteiger charge is -2.35. The second-order valence-corrected chi connectivity index (χ2v) is 8.78. The maximum atomic E-state index is 13.6. The van der Waals surface area contributed by atoms with Gasteiger partial charge < -0.3 is 4.74 Å². The summed E-state index contributed by atoms with van der Waals surface area (Å²) in [5.41, 5.74) is 0.302. The number of benzene rings is 3. The average Bonchev–Trinajstić information content (AvgIpc) is 3.31. The van der Waals surface area contributed by atoms with Gasteiger partial charge in [-0.05, 0) is 48.4 Å². The van der Waals surface area contributed by atoms with E-state index in [0.717, 1.165) is 17.7 Å². The Balaban J connectivity index is 1.68. The summed E-state index contributed by atoms with van der Waals surface area (Å²) in [5.74, 6) is -0.771. The van der Waals surface area contributed by atoms with E-state index in [4.69, 9.17) is 4.74 Å². The number of aromatic amines is 1. The number of hydrogen-bond donors (Lipinski definition) is 1. The number of nitrogens with zero attached hydrogens (tertiary/aromatic N) is 4. The van der Waals surface area contributed by atoms with E-state index in [1.807, 2.05) is 12.1 Å². The third-order valence-electron chi connectivity index (χ3n) is 6.36. The Bertz CT molecular complexity index is 1670. The highest BCUT2D eigenvalue weighted by molar-refractivity contribution is 5.93. The van der Waals surface area contributed by atoms with Crippen LogP contribution in [0.25, 0.3) is 0 Å². The lowest BCUT2D eigenvalue weighted by molar-refractivity contribution is -0.141. The van der Waals surface area contributed by atoms with Crippen LogP contribution in [0, 0.1) is 11.3 Å². The molecule has 0 bridgehead atoms. The molecule has 39 heavy (non-hydrogen) atoms. The number of carbonyl (C=O) groups is 1. The fourth-order valence-corrected chi connectivity index (χ4v) is 4.53. The van der Waals surface area contributed by atoms with E-state index < -0.39 is 29.4 Å². The first-order chi connectivity index (χ1) is 18.7. The normalized spacial score (nSPS) is 15.1. The minimum atomic E-state index is -4.61. The van der Waals surface area contributed by atoms with E-state index >= 15 is 0 Å². The first kappa shape index (κ1) is 25.5. The van der Waals surface area contributed by atoms with Crippen molar-refractivity contribution in [3.8, 4) is 6.07 Å². The number of halogens is 3. The van der Waals surface area contributed by atoms with Crippen molar-refractivity contribution in [3.63, 3.8) is 0 Å². The van der Waals surface area contributed by atoms with Crippen LogP contribution in [0.15, 0.2) is 94.9 Å². The molecule has 196 valence electrons. The first-order valence-corrected chi connectivity index (χ1v) is 11.7. The van der Waals surface area contributed by atoms with Crippen LogP contribution in [0.2, 0.25) is 0 Å². The Kier molecular flexibility index (Phi) is 6.54. The maximum absolute atomic E-state index is 13.6. The molecule has 11 heteroatoms. The number of alkyl halides is 3. The highest BCUT2D eigenvalue weighted by atomic mass is 19.4. The molecule has 5 rings (SSSR count). The third-order valence-corrected chi connectivity index (χ3v) is 6.36. The van der Waals surface area contributed by atoms with Gasteiger partial charge >= 0.3 is 17.8 Å². The minimum Gasteiger partial charge on any atom is -0.457 e. The van der Waals surface area contributed by atoms with Crippen LogP contribution < -0.4 is 10.6 Å². The Morgan fingerprint density at radius 1 is 1.08 bits per heavy atom. The van der Waals surface area contributed by atoms with Gasteiger partial charge in [0.2, 0.25) is 5.95 Å². The smallest absolute Gasteiger partial charge is 0.416 e. The standard InChI is InChI=1S/C28H20F3N5O3/c1-17-23(25(37)39-16-19-6-3-2-4-7-19)24(20-12-10-18(15-32)11-13-20)36-26(33-34-27(36)38)35(17)22-9-5-8-21(14-22)28(29,30)31/h2-14,24H,16H2,1H3,(H,34,38). The number of nitriles is 1. The highest BCUT2D eigenvalue weighted by Gasteiger charge is 2.40. The van der Waals surface area contributed by atoms with Gasteiger partial charge in [-0.1, -0.05) is 48.5 Å². The molecule has 8 nitrogen and oxygen atoms in total. The molecule has 1 aromatic heterocycles. The molecule has 3 aromatic carbocycles. The lowest BCUT2D eigenvalue weighted by Crippen LogP contribution is -2.37. The molecule has 1 atom stereocenters. The Hall–Kier alpha value is -5.11. The maximum Gasteiger partial charge on any atom is 0.416 e. The van der Waals surface area contributed by atoms with Crippen LogP contribution in [0.1, 0.15) is 35.2 Å². The number of hydrogen-bond acceptors (Lipinski definition) is 6. The number of aromatic nitrogens is 3. The number of rotatable bonds is 5. The summed E-state index contributed by atoms with van der Waals surface area (Å²) >= 11 is 0. The number of esters is 1. The van der Waals surface area contributed by atoms with Crippen LogP contribution in [0.3, 0.4) is 0 Å². The van der Waals surface area contributed by atoms with E-state index in [9.17, 15) is 28.0 Å². The number of allylic oxidation sites excluding steroid dienone is 1. The first-order valence-electron chi connectivity index (χ1n) is 11.7. The number of carbonyl (C=O) groups excluding carboxylic acids is 1. The summed E-state index contributed by atoms with van der Waals surface area (Å²) < 4.78 is 47.4. The third kappa shape index (κ3) is 4.80. The monoisotopic (exact) mass is 531 g/mol. The van der Waals surface area contributed by atoms with Crippen molar-refractivity contribution >= 4 is 17.6 Å². The predicted octanol–water partition coefficient (Wildman–Crippen LogP) is 5.22. The summed E-state index contributed by atoms with van der Waals surface area (Å²) in [5, 5.41) is 15.6. The summed E-state index contributed by atoms with van der Waals surface area (Å²) in [4.78, 5) is 28.0. The molecule has 0 fully saturated rings. The highest BCUT2D eigenvalue weighted by Crippen LogP contribution is 2.42. The quantitative estimate of drug-likeness (QED) is 0.354. The zero-order valence-corrected chi connectivity index (χ0v) is 20.4. The van der Waals surface area contributed by atoms with Gasteiger partial charge in [0.25, 0.3) is 0 Å². The van der Waals surface area contributed by atoms with Crippen molar-refractivity contribution in [1.82, 2.24) is 14.8 Å². The van der Waals surface area contributed by atoms with Crippen molar-refractivity contribution in [2.45, 2.75) is 25.7 Å². The Morgan fingerprint density at radius 2 is 1.79 bits per heavy atom. The van der Waals surface area contributed by atoms with Gasteiger partial charge in [0.1, 0.15) is 12.6 Å². The summed E-state index contributed by atoms with van der Waals surface area (Å²) in [6.45, 7) is 1.49. The average molecular weight is 531 g/mol. The van der Waals surface area contributed by atoms with Gasteiger partial charge in [0.15, 0.2) is 0 Å². The van der Waals surface area contributed by atoms with E-state index in [0.29, 0.717) is 11.1 Å². The summed E-state index contributed by atoms with van der Waals surface area (Å²) in [6, 6.07) is 20.8. The SMILES string of the molecule is CC1=C(C(=O)OCc2ccccc2)C(c2ccc(C#N)cc2)n2c(n[nH]c2=O)N1c1cccc(C(F)(F)F)c1. The summed E-state index contributed by atoms with van der Waals surface area (Å²) in [7, 11) is 0. The van der Waals surface area contributed by atoms with Crippen molar-refractivity contribution < 1.29 is 22.7 Å². The van der Waals surface area contributed by atoms with Crippen LogP contribution in [0.4, 0.5) is 24.8 Å². The van der Waals surface area contributed by atoms with Gasteiger partial charge in [-0.15, -0.1) is 5.10 Å². The zero-order valence-electron chi connectivity index (χ0n) is 20.4. The molecule has 2 heterocycles. The largest absolute Gasteiger partial charge is 0.457 e. The number of ether oxygens (including phenoxy) is 1. The zero-order chi connectivity index (χ0) is 27.7. The van der Waals surface area contributed by atoms with E-state index in [1.165, 1.54) is 21.6 Å². The van der Waals surface area contributed by atoms with Crippen LogP contribution >= 0.6 is 0 Å². The van der Waals surface area contributed by atoms with Gasteiger partial charge in [-0.25, -0.2) is 19.3 Å². The van der Waals surface area contributed by atoms with Crippen molar-refractivity contribution in [3.05, 3.63) is 123 Å². The molecule has 0 saturated heterocycles. The number of H-pyrrole nitrogens is 1. The second-order valence-electron chi connectivity index (χ2n) is 8.78. The van der Waals surface area contributed by atoms with Crippen LogP contribution in [0.5, 0.6) is 0 Å². The molecular weight excluding hydrogens is 511 g/mol. The fraction of sp³-hybridized carbons (Fsp3) is 0.143. The lowest BCUT2D eigenvalue weighted by atomic mass is 9.93. The molecule has 1 aliphatic rings. The number of anilines is 2. The summed E-state index contributed by atoms with van der Waals surface area (Å²) in [6.07, 6.45) is -4.61. The van der Waals surface area contributed by atoms with E-state index in [2.05, 4.69) is 10.2 Å². The molecule has 1 unspecified atom stereocenters.